The molecular weight excluding hydrogens is 641 g/mol. The van der Waals surface area contributed by atoms with Crippen molar-refractivity contribution < 1.29 is 24.2 Å². The smallest absolute Gasteiger partial charge is 0.296 e. The number of halogens is 2. The van der Waals surface area contributed by atoms with Crippen LogP contribution in [-0.4, -0.2) is 40.2 Å². The molecule has 1 amide bonds. The SMILES string of the molecule is CCOc1ccc(C2C(C(=O)C=Cc3ccccc3)=C(O)C(=O)N2c2nnc(SCc3ccc(Cl)cc3Cl)s2)cc1OCC. The van der Waals surface area contributed by atoms with Gasteiger partial charge in [0.2, 0.25) is 5.13 Å². The second-order valence-electron chi connectivity index (χ2n) is 9.40. The van der Waals surface area contributed by atoms with E-state index < -0.39 is 23.5 Å². The Morgan fingerprint density at radius 1 is 1.02 bits per heavy atom. The van der Waals surface area contributed by atoms with Gasteiger partial charge in [0.25, 0.3) is 5.91 Å². The number of carbonyl (C=O) groups is 2. The third-order valence-electron chi connectivity index (χ3n) is 6.55. The van der Waals surface area contributed by atoms with E-state index in [1.54, 1.807) is 36.4 Å². The molecule has 0 saturated heterocycles. The van der Waals surface area contributed by atoms with E-state index in [-0.39, 0.29) is 10.7 Å². The fourth-order valence-corrected chi connectivity index (χ4v) is 7.00. The summed E-state index contributed by atoms with van der Waals surface area (Å²) < 4.78 is 12.1. The zero-order valence-electron chi connectivity index (χ0n) is 23.7. The highest BCUT2D eigenvalue weighted by Gasteiger charge is 2.45. The second kappa shape index (κ2) is 14.3. The predicted octanol–water partition coefficient (Wildman–Crippen LogP) is 8.12. The highest BCUT2D eigenvalue weighted by atomic mass is 35.5. The van der Waals surface area contributed by atoms with Crippen LogP contribution in [0.3, 0.4) is 0 Å². The van der Waals surface area contributed by atoms with Gasteiger partial charge in [0.15, 0.2) is 27.4 Å². The number of aliphatic hydroxyl groups is 1. The molecule has 226 valence electrons. The minimum atomic E-state index is -0.998. The summed E-state index contributed by atoms with van der Waals surface area (Å²) in [6.07, 6.45) is 2.98. The van der Waals surface area contributed by atoms with Crippen LogP contribution in [0, 0.1) is 0 Å². The molecule has 1 atom stereocenters. The maximum atomic E-state index is 13.6. The summed E-state index contributed by atoms with van der Waals surface area (Å²) in [7, 11) is 0. The van der Waals surface area contributed by atoms with Crippen molar-refractivity contribution in [3.63, 3.8) is 0 Å². The van der Waals surface area contributed by atoms with Gasteiger partial charge in [-0.3, -0.25) is 14.5 Å². The second-order valence-corrected chi connectivity index (χ2v) is 12.4. The zero-order chi connectivity index (χ0) is 31.2. The lowest BCUT2D eigenvalue weighted by Gasteiger charge is -2.24. The van der Waals surface area contributed by atoms with Crippen LogP contribution in [0.4, 0.5) is 5.13 Å². The number of nitrogens with zero attached hydrogens (tertiary/aromatic N) is 3. The largest absolute Gasteiger partial charge is 0.503 e. The van der Waals surface area contributed by atoms with Gasteiger partial charge in [-0.2, -0.15) is 0 Å². The third-order valence-corrected chi connectivity index (χ3v) is 9.24. The molecular formula is C32H27Cl2N3O5S2. The van der Waals surface area contributed by atoms with E-state index >= 15 is 0 Å². The summed E-state index contributed by atoms with van der Waals surface area (Å²) in [6, 6.07) is 18.7. The molecule has 1 aliphatic heterocycles. The quantitative estimate of drug-likeness (QED) is 0.0918. The van der Waals surface area contributed by atoms with Gasteiger partial charge < -0.3 is 14.6 Å². The van der Waals surface area contributed by atoms with Crippen LogP contribution in [0.2, 0.25) is 10.0 Å². The zero-order valence-corrected chi connectivity index (χ0v) is 26.8. The first-order valence-corrected chi connectivity index (χ1v) is 16.2. The van der Waals surface area contributed by atoms with E-state index in [1.807, 2.05) is 50.2 Å². The molecule has 1 unspecified atom stereocenters. The molecule has 0 aliphatic carbocycles. The highest BCUT2D eigenvalue weighted by molar-refractivity contribution is 8.00. The number of ketones is 1. The van der Waals surface area contributed by atoms with Crippen LogP contribution in [0.1, 0.15) is 36.6 Å². The highest BCUT2D eigenvalue weighted by Crippen LogP contribution is 2.45. The number of aromatic nitrogens is 2. The number of hydrogen-bond acceptors (Lipinski definition) is 9. The minimum absolute atomic E-state index is 0.0776. The first-order chi connectivity index (χ1) is 21.3. The van der Waals surface area contributed by atoms with Crippen molar-refractivity contribution in [2.24, 2.45) is 0 Å². The number of benzene rings is 3. The van der Waals surface area contributed by atoms with Crippen LogP contribution in [0.15, 0.2) is 88.5 Å². The molecule has 1 aromatic heterocycles. The van der Waals surface area contributed by atoms with Gasteiger partial charge in [0.1, 0.15) is 0 Å². The number of hydrogen-bond donors (Lipinski definition) is 1. The van der Waals surface area contributed by atoms with Crippen molar-refractivity contribution in [1.82, 2.24) is 10.2 Å². The van der Waals surface area contributed by atoms with Crippen molar-refractivity contribution in [2.45, 2.75) is 30.0 Å². The minimum Gasteiger partial charge on any atom is -0.503 e. The standard InChI is InChI=1S/C32H27Cl2N3O5S2/c1-3-41-25-15-12-20(16-26(25)42-4-2)28-27(24(38)14-10-19-8-6-5-7-9-19)29(39)30(40)37(28)31-35-36-32(44-31)43-18-21-11-13-22(33)17-23(21)34/h5-17,28,39H,3-4,18H2,1-2H3. The topological polar surface area (TPSA) is 102 Å². The fourth-order valence-electron chi connectivity index (χ4n) is 4.57. The van der Waals surface area contributed by atoms with Gasteiger partial charge in [-0.15, -0.1) is 10.2 Å². The summed E-state index contributed by atoms with van der Waals surface area (Å²) in [5, 5.41) is 21.0. The molecule has 5 rings (SSSR count). The lowest BCUT2D eigenvalue weighted by atomic mass is 9.95. The normalized spacial score (nSPS) is 15.0. The van der Waals surface area contributed by atoms with Crippen molar-refractivity contribution in [2.75, 3.05) is 18.1 Å². The van der Waals surface area contributed by atoms with Crippen LogP contribution in [-0.2, 0) is 15.3 Å². The number of ether oxygens (including phenoxy) is 2. The first-order valence-electron chi connectivity index (χ1n) is 13.6. The predicted molar refractivity (Wildman–Crippen MR) is 175 cm³/mol. The first kappa shape index (κ1) is 31.6. The van der Waals surface area contributed by atoms with E-state index in [9.17, 15) is 14.7 Å². The molecule has 44 heavy (non-hydrogen) atoms. The fraction of sp³-hybridized carbons (Fsp3) is 0.188. The van der Waals surface area contributed by atoms with Gasteiger partial charge in [0.05, 0.1) is 24.8 Å². The Bertz CT molecular complexity index is 1740. The number of amides is 1. The molecule has 0 fully saturated rings. The van der Waals surface area contributed by atoms with Gasteiger partial charge in [0, 0.05) is 15.8 Å². The van der Waals surface area contributed by atoms with Gasteiger partial charge in [-0.05, 0) is 60.9 Å². The van der Waals surface area contributed by atoms with Gasteiger partial charge in [-0.1, -0.05) is 94.8 Å². The molecule has 0 spiro atoms. The molecule has 0 saturated carbocycles. The molecule has 1 aliphatic rings. The average molecular weight is 669 g/mol. The maximum absolute atomic E-state index is 13.6. The number of rotatable bonds is 12. The summed E-state index contributed by atoms with van der Waals surface area (Å²) in [6.45, 7) is 4.51. The molecule has 3 aromatic carbocycles. The van der Waals surface area contributed by atoms with Crippen LogP contribution >= 0.6 is 46.3 Å². The van der Waals surface area contributed by atoms with E-state index in [4.69, 9.17) is 32.7 Å². The number of anilines is 1. The van der Waals surface area contributed by atoms with Crippen molar-refractivity contribution in [1.29, 1.82) is 0 Å². The average Bonchev–Trinajstić information content (AvgIpc) is 3.59. The molecule has 1 N–H and O–H groups in total. The number of allylic oxidation sites excluding steroid dienone is 1. The Labute approximate surface area is 272 Å². The van der Waals surface area contributed by atoms with E-state index in [0.717, 1.165) is 11.1 Å². The molecule has 12 heteroatoms. The molecule has 2 heterocycles. The van der Waals surface area contributed by atoms with Crippen molar-refractivity contribution in [3.8, 4) is 11.5 Å². The summed E-state index contributed by atoms with van der Waals surface area (Å²) in [5.41, 5.74) is 2.11. The lowest BCUT2D eigenvalue weighted by Crippen LogP contribution is -2.31. The summed E-state index contributed by atoms with van der Waals surface area (Å²) >= 11 is 14.9. The number of carbonyl (C=O) groups excluding carboxylic acids is 2. The maximum Gasteiger partial charge on any atom is 0.296 e. The Kier molecular flexibility index (Phi) is 10.3. The van der Waals surface area contributed by atoms with Crippen molar-refractivity contribution in [3.05, 3.63) is 111 Å². The third kappa shape index (κ3) is 6.94. The van der Waals surface area contributed by atoms with E-state index in [1.165, 1.54) is 34.1 Å². The summed E-state index contributed by atoms with van der Waals surface area (Å²) in [4.78, 5) is 28.5. The summed E-state index contributed by atoms with van der Waals surface area (Å²) in [5.74, 6) is -0.458. The Morgan fingerprint density at radius 3 is 2.50 bits per heavy atom. The van der Waals surface area contributed by atoms with Gasteiger partial charge in [-0.25, -0.2) is 0 Å². The molecule has 4 aromatic rings. The Hall–Kier alpha value is -3.83. The van der Waals surface area contributed by atoms with Crippen molar-refractivity contribution >= 4 is 69.2 Å². The molecule has 8 nitrogen and oxygen atoms in total. The Balaban J connectivity index is 1.51. The van der Waals surface area contributed by atoms with Crippen LogP contribution < -0.4 is 14.4 Å². The number of aliphatic hydroxyl groups excluding tert-OH is 1. The molecule has 0 bridgehead atoms. The molecule has 0 radical (unpaired) electrons. The van der Waals surface area contributed by atoms with Gasteiger partial charge >= 0.3 is 0 Å². The Morgan fingerprint density at radius 2 is 1.77 bits per heavy atom. The monoisotopic (exact) mass is 667 g/mol. The van der Waals surface area contributed by atoms with Crippen LogP contribution in [0.25, 0.3) is 6.08 Å². The van der Waals surface area contributed by atoms with Crippen LogP contribution in [0.5, 0.6) is 11.5 Å². The van der Waals surface area contributed by atoms with E-state index in [0.29, 0.717) is 50.4 Å². The lowest BCUT2D eigenvalue weighted by molar-refractivity contribution is -0.117. The van der Waals surface area contributed by atoms with E-state index in [2.05, 4.69) is 10.2 Å². The number of thioether (sulfide) groups is 1.